The van der Waals surface area contributed by atoms with Gasteiger partial charge in [0.25, 0.3) is 5.91 Å². The molecule has 0 saturated heterocycles. The molecule has 0 fully saturated rings. The zero-order valence-electron chi connectivity index (χ0n) is 14.5. The number of hydrogen-bond acceptors (Lipinski definition) is 3. The van der Waals surface area contributed by atoms with Crippen molar-refractivity contribution in [2.24, 2.45) is 0 Å². The normalized spacial score (nSPS) is 13.7. The molecule has 2 N–H and O–H groups in total. The molecule has 0 bridgehead atoms. The number of amides is 1. The van der Waals surface area contributed by atoms with E-state index >= 15 is 0 Å². The van der Waals surface area contributed by atoms with Gasteiger partial charge in [0.1, 0.15) is 0 Å². The van der Waals surface area contributed by atoms with E-state index in [9.17, 15) is 18.0 Å². The Bertz CT molecular complexity index is 787. The third-order valence-electron chi connectivity index (χ3n) is 4.06. The molecule has 1 aromatic carbocycles. The molecule has 1 atom stereocenters. The van der Waals surface area contributed by atoms with Crippen molar-refractivity contribution in [2.45, 2.75) is 32.0 Å². The van der Waals surface area contributed by atoms with E-state index in [1.165, 1.54) is 0 Å². The number of hydrogen-bond donors (Lipinski definition) is 2. The summed E-state index contributed by atoms with van der Waals surface area (Å²) in [6.45, 7) is 7.49. The monoisotopic (exact) mass is 363 g/mol. The summed E-state index contributed by atoms with van der Waals surface area (Å²) >= 11 is 0. The second-order valence-corrected chi connectivity index (χ2v) is 6.19. The Kier molecular flexibility index (Phi) is 5.82. The number of carbonyl (C=O) groups is 1. The zero-order valence-corrected chi connectivity index (χ0v) is 14.5. The van der Waals surface area contributed by atoms with E-state index in [2.05, 4.69) is 22.4 Å². The molecule has 0 aliphatic rings. The van der Waals surface area contributed by atoms with Crippen LogP contribution in [0.1, 0.15) is 40.4 Å². The number of hydrazine groups is 1. The Morgan fingerprint density at radius 2 is 1.88 bits per heavy atom. The van der Waals surface area contributed by atoms with Crippen LogP contribution in [0, 0.1) is 6.92 Å². The van der Waals surface area contributed by atoms with Gasteiger partial charge in [-0.2, -0.15) is 13.2 Å². The van der Waals surface area contributed by atoms with Crippen molar-refractivity contribution in [1.82, 2.24) is 15.8 Å². The smallest absolute Gasteiger partial charge is 0.287 e. The second kappa shape index (κ2) is 7.70. The number of aromatic nitrogens is 1. The van der Waals surface area contributed by atoms with Gasteiger partial charge in [-0.05, 0) is 31.9 Å². The molecule has 0 radical (unpaired) electrons. The van der Waals surface area contributed by atoms with E-state index in [4.69, 9.17) is 0 Å². The maximum Gasteiger partial charge on any atom is 0.417 e. The third-order valence-corrected chi connectivity index (χ3v) is 4.06. The molecule has 26 heavy (non-hydrogen) atoms. The van der Waals surface area contributed by atoms with Crippen molar-refractivity contribution in [3.8, 4) is 0 Å². The first-order valence-corrected chi connectivity index (χ1v) is 7.94. The summed E-state index contributed by atoms with van der Waals surface area (Å²) in [6.07, 6.45) is -0.617. The molecule has 2 rings (SSSR count). The van der Waals surface area contributed by atoms with E-state index in [0.717, 1.165) is 29.6 Å². The lowest BCUT2D eigenvalue weighted by Crippen LogP contribution is -2.50. The largest absolute Gasteiger partial charge is 0.417 e. The molecule has 1 aromatic heterocycles. The molecule has 0 aliphatic heterocycles. The van der Waals surface area contributed by atoms with Gasteiger partial charge in [0.2, 0.25) is 0 Å². The molecule has 4 nitrogen and oxygen atoms in total. The number of carbonyl (C=O) groups excluding carboxylic acids is 1. The average Bonchev–Trinajstić information content (AvgIpc) is 2.60. The van der Waals surface area contributed by atoms with Crippen molar-refractivity contribution in [1.29, 1.82) is 0 Å². The van der Waals surface area contributed by atoms with Gasteiger partial charge in [0.15, 0.2) is 0 Å². The number of aryl methyl sites for hydroxylation is 1. The van der Waals surface area contributed by atoms with Gasteiger partial charge in [-0.1, -0.05) is 35.9 Å². The van der Waals surface area contributed by atoms with Crippen LogP contribution in [0.25, 0.3) is 0 Å². The fourth-order valence-corrected chi connectivity index (χ4v) is 2.54. The van der Waals surface area contributed by atoms with E-state index in [1.807, 2.05) is 38.1 Å². The summed E-state index contributed by atoms with van der Waals surface area (Å²) in [5.41, 5.74) is 4.85. The van der Waals surface area contributed by atoms with Crippen LogP contribution in [0.15, 0.2) is 55.4 Å². The lowest BCUT2D eigenvalue weighted by molar-refractivity contribution is -0.138. The van der Waals surface area contributed by atoms with Crippen LogP contribution in [0.4, 0.5) is 13.2 Å². The third kappa shape index (κ3) is 4.49. The van der Waals surface area contributed by atoms with Crippen LogP contribution in [0.3, 0.4) is 0 Å². The highest BCUT2D eigenvalue weighted by molar-refractivity contribution is 5.95. The number of nitrogens with one attached hydrogen (secondary N) is 2. The highest BCUT2D eigenvalue weighted by atomic mass is 19.4. The van der Waals surface area contributed by atoms with Crippen LogP contribution in [-0.4, -0.2) is 10.9 Å². The van der Waals surface area contributed by atoms with E-state index in [1.54, 1.807) is 6.08 Å². The lowest BCUT2D eigenvalue weighted by Gasteiger charge is -2.31. The number of halogens is 3. The number of benzene rings is 1. The molecule has 138 valence electrons. The van der Waals surface area contributed by atoms with Gasteiger partial charge in [0, 0.05) is 12.4 Å². The highest BCUT2D eigenvalue weighted by Gasteiger charge is 2.35. The number of pyridine rings is 1. The molecule has 0 aliphatic carbocycles. The maximum atomic E-state index is 13.1. The van der Waals surface area contributed by atoms with Crippen molar-refractivity contribution in [3.05, 3.63) is 77.6 Å². The van der Waals surface area contributed by atoms with Crippen molar-refractivity contribution in [2.75, 3.05) is 0 Å². The van der Waals surface area contributed by atoms with Gasteiger partial charge in [-0.3, -0.25) is 15.2 Å². The Balaban J connectivity index is 2.23. The fraction of sp³-hybridized carbons (Fsp3) is 0.263. The molecule has 0 saturated carbocycles. The minimum Gasteiger partial charge on any atom is -0.287 e. The minimum absolute atomic E-state index is 0.454. The van der Waals surface area contributed by atoms with Crippen LogP contribution >= 0.6 is 0 Å². The predicted octanol–water partition coefficient (Wildman–Crippen LogP) is 4.13. The number of alkyl halides is 3. The molecular weight excluding hydrogens is 343 g/mol. The summed E-state index contributed by atoms with van der Waals surface area (Å²) in [4.78, 5) is 15.9. The standard InChI is InChI=1S/C19H20F3N3O/c1-4-10-18(3,14-7-5-13(2)6-8-14)25-24-17(26)15-12-23-11-9-16(15)19(20,21)22/h4-9,11-12,25H,1,10H2,2-3H3,(H,24,26). The number of rotatable bonds is 6. The van der Waals surface area contributed by atoms with Gasteiger partial charge >= 0.3 is 6.18 Å². The zero-order chi connectivity index (χ0) is 19.4. The molecule has 1 unspecified atom stereocenters. The topological polar surface area (TPSA) is 54.0 Å². The Morgan fingerprint density at radius 3 is 2.46 bits per heavy atom. The van der Waals surface area contributed by atoms with Gasteiger partial charge in [-0.15, -0.1) is 6.58 Å². The lowest BCUT2D eigenvalue weighted by atomic mass is 9.89. The number of nitrogens with zero attached hydrogens (tertiary/aromatic N) is 1. The van der Waals surface area contributed by atoms with E-state index in [-0.39, 0.29) is 0 Å². The average molecular weight is 363 g/mol. The SMILES string of the molecule is C=CCC(C)(NNC(=O)c1cnccc1C(F)(F)F)c1ccc(C)cc1. The van der Waals surface area contributed by atoms with Gasteiger partial charge < -0.3 is 0 Å². The van der Waals surface area contributed by atoms with Crippen molar-refractivity contribution in [3.63, 3.8) is 0 Å². The van der Waals surface area contributed by atoms with Crippen LogP contribution in [0.2, 0.25) is 0 Å². The van der Waals surface area contributed by atoms with Crippen LogP contribution < -0.4 is 10.9 Å². The van der Waals surface area contributed by atoms with Gasteiger partial charge in [-0.25, -0.2) is 5.43 Å². The minimum atomic E-state index is -4.64. The van der Waals surface area contributed by atoms with Crippen LogP contribution in [-0.2, 0) is 11.7 Å². The van der Waals surface area contributed by atoms with Gasteiger partial charge in [0.05, 0.1) is 16.7 Å². The van der Waals surface area contributed by atoms with Crippen LogP contribution in [0.5, 0.6) is 0 Å². The molecule has 0 spiro atoms. The highest BCUT2D eigenvalue weighted by Crippen LogP contribution is 2.31. The molecule has 7 heteroatoms. The summed E-state index contributed by atoms with van der Waals surface area (Å²) in [6, 6.07) is 8.40. The van der Waals surface area contributed by atoms with Crippen molar-refractivity contribution >= 4 is 5.91 Å². The molecular formula is C19H20F3N3O. The maximum absolute atomic E-state index is 13.1. The summed E-state index contributed by atoms with van der Waals surface area (Å²) in [5, 5.41) is 0. The second-order valence-electron chi connectivity index (χ2n) is 6.19. The first-order valence-electron chi connectivity index (χ1n) is 7.94. The Morgan fingerprint density at radius 1 is 1.23 bits per heavy atom. The molecule has 1 amide bonds. The first kappa shape index (κ1) is 19.7. The Hall–Kier alpha value is -2.67. The summed E-state index contributed by atoms with van der Waals surface area (Å²) < 4.78 is 39.2. The summed E-state index contributed by atoms with van der Waals surface area (Å²) in [7, 11) is 0. The quantitative estimate of drug-likeness (QED) is 0.599. The Labute approximate surface area is 150 Å². The van der Waals surface area contributed by atoms with E-state index in [0.29, 0.717) is 6.42 Å². The van der Waals surface area contributed by atoms with E-state index < -0.39 is 28.7 Å². The first-order chi connectivity index (χ1) is 12.2. The molecule has 2 aromatic rings. The fourth-order valence-electron chi connectivity index (χ4n) is 2.54. The molecule has 1 heterocycles. The summed E-state index contributed by atoms with van der Waals surface area (Å²) in [5.74, 6) is -0.909. The van der Waals surface area contributed by atoms with Crippen molar-refractivity contribution < 1.29 is 18.0 Å². The predicted molar refractivity (Wildman–Crippen MR) is 93.2 cm³/mol.